The molecule has 1 aromatic carbocycles. The molecule has 0 aliphatic heterocycles. The normalized spacial score (nSPS) is 11.4. The Morgan fingerprint density at radius 1 is 1.47 bits per heavy atom. The maximum absolute atomic E-state index is 12.2. The zero-order chi connectivity index (χ0) is 11.6. The van der Waals surface area contributed by atoms with E-state index in [2.05, 4.69) is 4.18 Å². The average Bonchev–Trinajstić information content (AvgIpc) is 2.08. The van der Waals surface area contributed by atoms with Crippen LogP contribution in [-0.2, 0) is 17.0 Å². The van der Waals surface area contributed by atoms with E-state index in [4.69, 9.17) is 11.5 Å². The van der Waals surface area contributed by atoms with E-state index in [-0.39, 0.29) is 12.3 Å². The van der Waals surface area contributed by atoms with Crippen molar-refractivity contribution in [3.05, 3.63) is 23.3 Å². The molecule has 0 saturated heterocycles. The Labute approximate surface area is 87.3 Å². The number of rotatable bonds is 3. The first-order chi connectivity index (χ1) is 6.83. The second-order valence-electron chi connectivity index (χ2n) is 2.98. The van der Waals surface area contributed by atoms with Gasteiger partial charge in [0.1, 0.15) is 5.75 Å². The Hall–Kier alpha value is -1.34. The van der Waals surface area contributed by atoms with Gasteiger partial charge in [-0.1, -0.05) is 3.89 Å². The SMILES string of the molecule is Cc1c(N)cc(OS(=O)(=O)F)cc1CN. The van der Waals surface area contributed by atoms with Crippen molar-refractivity contribution >= 4 is 16.2 Å². The Bertz CT molecular complexity index is 473. The summed E-state index contributed by atoms with van der Waals surface area (Å²) in [6.07, 6.45) is 0. The van der Waals surface area contributed by atoms with Gasteiger partial charge in [-0.15, -0.1) is 0 Å². The highest BCUT2D eigenvalue weighted by atomic mass is 32.3. The van der Waals surface area contributed by atoms with E-state index in [0.717, 1.165) is 5.56 Å². The fourth-order valence-corrected chi connectivity index (χ4v) is 1.47. The van der Waals surface area contributed by atoms with Crippen molar-refractivity contribution in [3.63, 3.8) is 0 Å². The Balaban J connectivity index is 3.17. The molecule has 0 aromatic heterocycles. The summed E-state index contributed by atoms with van der Waals surface area (Å²) < 4.78 is 36.7. The summed E-state index contributed by atoms with van der Waals surface area (Å²) in [5.74, 6) is -0.180. The monoisotopic (exact) mass is 234 g/mol. The fraction of sp³-hybridized carbons (Fsp3) is 0.250. The van der Waals surface area contributed by atoms with Gasteiger partial charge < -0.3 is 15.7 Å². The predicted molar refractivity (Wildman–Crippen MR) is 54.1 cm³/mol. The second kappa shape index (κ2) is 4.03. The maximum Gasteiger partial charge on any atom is 0.488 e. The average molecular weight is 234 g/mol. The third-order valence-corrected chi connectivity index (χ3v) is 2.34. The summed E-state index contributed by atoms with van der Waals surface area (Å²) in [7, 11) is -5.03. The highest BCUT2D eigenvalue weighted by Gasteiger charge is 2.12. The van der Waals surface area contributed by atoms with Crippen LogP contribution in [0.5, 0.6) is 5.75 Å². The van der Waals surface area contributed by atoms with Gasteiger partial charge in [-0.2, -0.15) is 8.42 Å². The minimum absolute atomic E-state index is 0.166. The molecule has 0 unspecified atom stereocenters. The van der Waals surface area contributed by atoms with Gasteiger partial charge in [0.15, 0.2) is 0 Å². The van der Waals surface area contributed by atoms with Gasteiger partial charge in [0.2, 0.25) is 0 Å². The van der Waals surface area contributed by atoms with Gasteiger partial charge in [0.25, 0.3) is 0 Å². The van der Waals surface area contributed by atoms with Crippen LogP contribution in [0.3, 0.4) is 0 Å². The Morgan fingerprint density at radius 3 is 2.53 bits per heavy atom. The summed E-state index contributed by atoms with van der Waals surface area (Å²) >= 11 is 0. The lowest BCUT2D eigenvalue weighted by molar-refractivity contribution is 0.440. The molecule has 0 radical (unpaired) electrons. The number of anilines is 1. The molecule has 0 atom stereocenters. The Kier molecular flexibility index (Phi) is 3.15. The van der Waals surface area contributed by atoms with E-state index >= 15 is 0 Å². The number of halogens is 1. The molecule has 0 amide bonds. The molecular weight excluding hydrogens is 223 g/mol. The second-order valence-corrected chi connectivity index (χ2v) is 3.93. The van der Waals surface area contributed by atoms with Crippen LogP contribution >= 0.6 is 0 Å². The smallest absolute Gasteiger partial charge is 0.398 e. The van der Waals surface area contributed by atoms with Gasteiger partial charge in [0.05, 0.1) is 0 Å². The zero-order valence-corrected chi connectivity index (χ0v) is 8.84. The minimum Gasteiger partial charge on any atom is -0.398 e. The molecule has 4 N–H and O–H groups in total. The third-order valence-electron chi connectivity index (χ3n) is 1.94. The van der Waals surface area contributed by atoms with E-state index in [9.17, 15) is 12.3 Å². The van der Waals surface area contributed by atoms with E-state index in [1.54, 1.807) is 6.92 Å². The molecule has 1 rings (SSSR count). The van der Waals surface area contributed by atoms with E-state index in [0.29, 0.717) is 11.3 Å². The van der Waals surface area contributed by atoms with Crippen LogP contribution in [0.1, 0.15) is 11.1 Å². The van der Waals surface area contributed by atoms with Gasteiger partial charge in [-0.25, -0.2) is 0 Å². The number of hydrogen-bond acceptors (Lipinski definition) is 5. The van der Waals surface area contributed by atoms with E-state index in [1.807, 2.05) is 0 Å². The molecule has 0 saturated carbocycles. The van der Waals surface area contributed by atoms with Crippen molar-refractivity contribution in [1.82, 2.24) is 0 Å². The largest absolute Gasteiger partial charge is 0.488 e. The Morgan fingerprint density at radius 2 is 2.07 bits per heavy atom. The van der Waals surface area contributed by atoms with Gasteiger partial charge >= 0.3 is 10.5 Å². The number of benzene rings is 1. The molecule has 84 valence electrons. The fourth-order valence-electron chi connectivity index (χ4n) is 1.14. The van der Waals surface area contributed by atoms with Crippen LogP contribution in [0.15, 0.2) is 12.1 Å². The van der Waals surface area contributed by atoms with E-state index in [1.165, 1.54) is 12.1 Å². The number of nitrogen functional groups attached to an aromatic ring is 1. The molecule has 1 aromatic rings. The zero-order valence-electron chi connectivity index (χ0n) is 8.03. The first-order valence-electron chi connectivity index (χ1n) is 4.06. The van der Waals surface area contributed by atoms with Crippen molar-refractivity contribution in [2.75, 3.05) is 5.73 Å². The van der Waals surface area contributed by atoms with Crippen molar-refractivity contribution in [1.29, 1.82) is 0 Å². The third kappa shape index (κ3) is 3.07. The quantitative estimate of drug-likeness (QED) is 0.590. The minimum atomic E-state index is -5.03. The van der Waals surface area contributed by atoms with Crippen LogP contribution in [0.4, 0.5) is 9.57 Å². The molecule has 0 aliphatic rings. The topological polar surface area (TPSA) is 95.4 Å². The molecule has 15 heavy (non-hydrogen) atoms. The van der Waals surface area contributed by atoms with Gasteiger partial charge in [-0.3, -0.25) is 0 Å². The molecule has 7 heteroatoms. The van der Waals surface area contributed by atoms with Gasteiger partial charge in [-0.05, 0) is 24.1 Å². The number of hydrogen-bond donors (Lipinski definition) is 2. The van der Waals surface area contributed by atoms with Crippen LogP contribution in [0.2, 0.25) is 0 Å². The van der Waals surface area contributed by atoms with E-state index < -0.39 is 10.5 Å². The first-order valence-corrected chi connectivity index (χ1v) is 5.37. The standard InChI is InChI=1S/C8H11FN2O3S/c1-5-6(4-10)2-7(3-8(5)11)14-15(9,12)13/h2-3H,4,10-11H2,1H3. The lowest BCUT2D eigenvalue weighted by atomic mass is 10.1. The van der Waals surface area contributed by atoms with Crippen LogP contribution < -0.4 is 15.7 Å². The van der Waals surface area contributed by atoms with Crippen LogP contribution in [0.25, 0.3) is 0 Å². The van der Waals surface area contributed by atoms with Gasteiger partial charge in [0, 0.05) is 18.3 Å². The predicted octanol–water partition coefficient (Wildman–Crippen LogP) is 0.629. The molecule has 0 aliphatic carbocycles. The van der Waals surface area contributed by atoms with Crippen LogP contribution in [-0.4, -0.2) is 8.42 Å². The molecule has 0 bridgehead atoms. The molecule has 0 fully saturated rings. The van der Waals surface area contributed by atoms with Crippen molar-refractivity contribution in [2.24, 2.45) is 5.73 Å². The highest BCUT2D eigenvalue weighted by Crippen LogP contribution is 2.24. The lowest BCUT2D eigenvalue weighted by Gasteiger charge is -2.09. The summed E-state index contributed by atoms with van der Waals surface area (Å²) in [5, 5.41) is 0. The molecular formula is C8H11FN2O3S. The first kappa shape index (κ1) is 11.7. The lowest BCUT2D eigenvalue weighted by Crippen LogP contribution is -2.06. The van der Waals surface area contributed by atoms with Crippen molar-refractivity contribution in [3.8, 4) is 5.75 Å². The van der Waals surface area contributed by atoms with Crippen molar-refractivity contribution < 1.29 is 16.5 Å². The molecule has 0 spiro atoms. The highest BCUT2D eigenvalue weighted by molar-refractivity contribution is 7.81. The number of nitrogens with two attached hydrogens (primary N) is 2. The molecule has 0 heterocycles. The summed E-state index contributed by atoms with van der Waals surface area (Å²) in [6, 6.07) is 2.56. The summed E-state index contributed by atoms with van der Waals surface area (Å²) in [4.78, 5) is 0. The summed E-state index contributed by atoms with van der Waals surface area (Å²) in [5.41, 5.74) is 12.6. The maximum atomic E-state index is 12.2. The van der Waals surface area contributed by atoms with Crippen molar-refractivity contribution in [2.45, 2.75) is 13.5 Å². The summed E-state index contributed by atoms with van der Waals surface area (Å²) in [6.45, 7) is 1.89. The molecule has 5 nitrogen and oxygen atoms in total. The van der Waals surface area contributed by atoms with Crippen LogP contribution in [0, 0.1) is 6.92 Å².